The summed E-state index contributed by atoms with van der Waals surface area (Å²) in [6, 6.07) is 5.94. The number of benzene rings is 1. The van der Waals surface area contributed by atoms with Gasteiger partial charge < -0.3 is 10.3 Å². The number of hydrogen-bond donors (Lipinski definition) is 1. The lowest BCUT2D eigenvalue weighted by molar-refractivity contribution is 0.790. The lowest BCUT2D eigenvalue weighted by atomic mass is 10.2. The van der Waals surface area contributed by atoms with Gasteiger partial charge in [-0.1, -0.05) is 17.8 Å². The number of aromatic nitrogens is 2. The Labute approximate surface area is 93.3 Å². The molecule has 4 heteroatoms. The van der Waals surface area contributed by atoms with Crippen LogP contribution in [0.1, 0.15) is 5.56 Å². The Morgan fingerprint density at radius 1 is 1.40 bits per heavy atom. The molecule has 2 aromatic rings. The maximum Gasteiger partial charge on any atom is 0.172 e. The first-order valence-electron chi connectivity index (χ1n) is 4.69. The van der Waals surface area contributed by atoms with Gasteiger partial charge in [0.25, 0.3) is 0 Å². The van der Waals surface area contributed by atoms with E-state index in [-0.39, 0.29) is 0 Å². The summed E-state index contributed by atoms with van der Waals surface area (Å²) in [6.45, 7) is 2.03. The van der Waals surface area contributed by atoms with Crippen molar-refractivity contribution in [3.8, 4) is 0 Å². The number of nitrogen functional groups attached to an aromatic ring is 1. The standard InChI is InChI=1S/C11H13N3S/c1-8-9(12)4-3-5-10(8)15-11-13-6-7-14(11)2/h3-7H,12H2,1-2H3. The molecule has 0 unspecified atom stereocenters. The van der Waals surface area contributed by atoms with Gasteiger partial charge in [-0.05, 0) is 24.6 Å². The van der Waals surface area contributed by atoms with E-state index in [0.29, 0.717) is 0 Å². The summed E-state index contributed by atoms with van der Waals surface area (Å²) >= 11 is 1.63. The summed E-state index contributed by atoms with van der Waals surface area (Å²) in [5, 5.41) is 0.976. The molecule has 3 nitrogen and oxygen atoms in total. The molecule has 0 spiro atoms. The predicted molar refractivity (Wildman–Crippen MR) is 62.9 cm³/mol. The maximum absolute atomic E-state index is 5.85. The Balaban J connectivity index is 2.33. The molecule has 0 bridgehead atoms. The fourth-order valence-electron chi connectivity index (χ4n) is 1.29. The summed E-state index contributed by atoms with van der Waals surface area (Å²) in [6.07, 6.45) is 3.73. The molecule has 78 valence electrons. The van der Waals surface area contributed by atoms with Gasteiger partial charge in [0.1, 0.15) is 0 Å². The van der Waals surface area contributed by atoms with Crippen LogP contribution in [-0.2, 0) is 7.05 Å². The van der Waals surface area contributed by atoms with Crippen LogP contribution in [0, 0.1) is 6.92 Å². The van der Waals surface area contributed by atoms with Crippen LogP contribution in [0.4, 0.5) is 5.69 Å². The molecule has 0 amide bonds. The van der Waals surface area contributed by atoms with Gasteiger partial charge in [0.2, 0.25) is 0 Å². The highest BCUT2D eigenvalue weighted by molar-refractivity contribution is 7.99. The van der Waals surface area contributed by atoms with Crippen LogP contribution < -0.4 is 5.73 Å². The third kappa shape index (κ3) is 1.99. The van der Waals surface area contributed by atoms with Crippen molar-refractivity contribution in [2.45, 2.75) is 17.0 Å². The molecular weight excluding hydrogens is 206 g/mol. The molecule has 0 aliphatic carbocycles. The third-order valence-electron chi connectivity index (χ3n) is 2.30. The van der Waals surface area contributed by atoms with Gasteiger partial charge in [-0.25, -0.2) is 4.98 Å². The van der Waals surface area contributed by atoms with Crippen molar-refractivity contribution >= 4 is 17.4 Å². The number of nitrogens with two attached hydrogens (primary N) is 1. The van der Waals surface area contributed by atoms with Crippen LogP contribution in [0.2, 0.25) is 0 Å². The van der Waals surface area contributed by atoms with Gasteiger partial charge in [0.05, 0.1) is 0 Å². The highest BCUT2D eigenvalue weighted by Crippen LogP contribution is 2.30. The third-order valence-corrected chi connectivity index (χ3v) is 3.54. The number of anilines is 1. The van der Waals surface area contributed by atoms with Crippen LogP contribution >= 0.6 is 11.8 Å². The molecule has 0 radical (unpaired) electrons. The second kappa shape index (κ2) is 3.98. The molecule has 0 fully saturated rings. The van der Waals surface area contributed by atoms with Crippen molar-refractivity contribution in [1.82, 2.24) is 9.55 Å². The van der Waals surface area contributed by atoms with E-state index < -0.39 is 0 Å². The SMILES string of the molecule is Cc1c(N)cccc1Sc1nccn1C. The van der Waals surface area contributed by atoms with Gasteiger partial charge in [0.15, 0.2) is 5.16 Å². The Bertz CT molecular complexity index is 476. The molecule has 1 aromatic heterocycles. The monoisotopic (exact) mass is 219 g/mol. The number of aryl methyl sites for hydroxylation is 1. The van der Waals surface area contributed by atoms with E-state index in [1.807, 2.05) is 36.9 Å². The van der Waals surface area contributed by atoms with Crippen LogP contribution in [0.5, 0.6) is 0 Å². The average Bonchev–Trinajstić information content (AvgIpc) is 2.60. The molecule has 0 aliphatic rings. The van der Waals surface area contributed by atoms with Gasteiger partial charge in [-0.3, -0.25) is 0 Å². The topological polar surface area (TPSA) is 43.8 Å². The zero-order valence-corrected chi connectivity index (χ0v) is 9.58. The van der Waals surface area contributed by atoms with Crippen LogP contribution in [0.25, 0.3) is 0 Å². The average molecular weight is 219 g/mol. The molecule has 2 rings (SSSR count). The molecular formula is C11H13N3S. The molecule has 0 aliphatic heterocycles. The molecule has 1 aromatic carbocycles. The molecule has 15 heavy (non-hydrogen) atoms. The largest absolute Gasteiger partial charge is 0.398 e. The first-order chi connectivity index (χ1) is 7.18. The summed E-state index contributed by atoms with van der Waals surface area (Å²) in [5.41, 5.74) is 7.79. The van der Waals surface area contributed by atoms with E-state index in [2.05, 4.69) is 11.1 Å². The van der Waals surface area contributed by atoms with Gasteiger partial charge in [0, 0.05) is 30.0 Å². The minimum Gasteiger partial charge on any atom is -0.398 e. The van der Waals surface area contributed by atoms with E-state index in [1.165, 1.54) is 0 Å². The maximum atomic E-state index is 5.85. The fourth-order valence-corrected chi connectivity index (χ4v) is 2.22. The minimum atomic E-state index is 0.828. The Morgan fingerprint density at radius 2 is 2.20 bits per heavy atom. The Kier molecular flexibility index (Phi) is 2.68. The summed E-state index contributed by atoms with van der Waals surface area (Å²) in [5.74, 6) is 0. The smallest absolute Gasteiger partial charge is 0.172 e. The summed E-state index contributed by atoms with van der Waals surface area (Å²) < 4.78 is 1.99. The van der Waals surface area contributed by atoms with Crippen molar-refractivity contribution in [2.75, 3.05) is 5.73 Å². The lowest BCUT2D eigenvalue weighted by Gasteiger charge is -2.07. The molecule has 0 saturated heterocycles. The van der Waals surface area contributed by atoms with E-state index >= 15 is 0 Å². The zero-order valence-electron chi connectivity index (χ0n) is 8.77. The van der Waals surface area contributed by atoms with Crippen molar-refractivity contribution in [2.24, 2.45) is 7.05 Å². The normalized spacial score (nSPS) is 10.5. The second-order valence-electron chi connectivity index (χ2n) is 3.39. The first kappa shape index (κ1) is 10.1. The predicted octanol–water partition coefficient (Wildman–Crippen LogP) is 2.46. The number of hydrogen-bond acceptors (Lipinski definition) is 3. The second-order valence-corrected chi connectivity index (χ2v) is 4.40. The number of nitrogens with zero attached hydrogens (tertiary/aromatic N) is 2. The zero-order chi connectivity index (χ0) is 10.8. The van der Waals surface area contributed by atoms with Gasteiger partial charge in [-0.2, -0.15) is 0 Å². The van der Waals surface area contributed by atoms with E-state index in [9.17, 15) is 0 Å². The molecule has 0 atom stereocenters. The molecule has 2 N–H and O–H groups in total. The Morgan fingerprint density at radius 3 is 2.87 bits per heavy atom. The van der Waals surface area contributed by atoms with Crippen LogP contribution in [-0.4, -0.2) is 9.55 Å². The quantitative estimate of drug-likeness (QED) is 0.789. The van der Waals surface area contributed by atoms with E-state index in [0.717, 1.165) is 21.3 Å². The Hall–Kier alpha value is -1.42. The van der Waals surface area contributed by atoms with E-state index in [1.54, 1.807) is 18.0 Å². The first-order valence-corrected chi connectivity index (χ1v) is 5.50. The van der Waals surface area contributed by atoms with Crippen LogP contribution in [0.15, 0.2) is 40.6 Å². The number of imidazole rings is 1. The highest BCUT2D eigenvalue weighted by atomic mass is 32.2. The summed E-state index contributed by atoms with van der Waals surface area (Å²) in [4.78, 5) is 5.42. The van der Waals surface area contributed by atoms with Crippen molar-refractivity contribution in [3.05, 3.63) is 36.2 Å². The van der Waals surface area contributed by atoms with Gasteiger partial charge >= 0.3 is 0 Å². The molecule has 0 saturated carbocycles. The number of rotatable bonds is 2. The van der Waals surface area contributed by atoms with Crippen molar-refractivity contribution in [1.29, 1.82) is 0 Å². The highest BCUT2D eigenvalue weighted by Gasteiger charge is 2.06. The van der Waals surface area contributed by atoms with Crippen LogP contribution in [0.3, 0.4) is 0 Å². The fraction of sp³-hybridized carbons (Fsp3) is 0.182. The lowest BCUT2D eigenvalue weighted by Crippen LogP contribution is -1.93. The van der Waals surface area contributed by atoms with Crippen molar-refractivity contribution < 1.29 is 0 Å². The van der Waals surface area contributed by atoms with E-state index in [4.69, 9.17) is 5.73 Å². The molecule has 1 heterocycles. The van der Waals surface area contributed by atoms with Crippen molar-refractivity contribution in [3.63, 3.8) is 0 Å². The summed E-state index contributed by atoms with van der Waals surface area (Å²) in [7, 11) is 1.98. The van der Waals surface area contributed by atoms with Gasteiger partial charge in [-0.15, -0.1) is 0 Å². The minimum absolute atomic E-state index is 0.828.